The number of ether oxygens (including phenoxy) is 2. The molecule has 1 aromatic rings. The summed E-state index contributed by atoms with van der Waals surface area (Å²) >= 11 is 0. The van der Waals surface area contributed by atoms with Crippen LogP contribution in [0.2, 0.25) is 0 Å². The summed E-state index contributed by atoms with van der Waals surface area (Å²) < 4.78 is 11.0. The van der Waals surface area contributed by atoms with Crippen LogP contribution >= 0.6 is 0 Å². The van der Waals surface area contributed by atoms with Gasteiger partial charge in [-0.3, -0.25) is 0 Å². The summed E-state index contributed by atoms with van der Waals surface area (Å²) in [4.78, 5) is 0. The Kier molecular flexibility index (Phi) is 6.48. The van der Waals surface area contributed by atoms with Gasteiger partial charge in [0.2, 0.25) is 0 Å². The second-order valence-electron chi connectivity index (χ2n) is 4.08. The number of hydrogen-bond acceptors (Lipinski definition) is 3. The highest BCUT2D eigenvalue weighted by Gasteiger charge is 2.05. The summed E-state index contributed by atoms with van der Waals surface area (Å²) in [5, 5.41) is 0. The van der Waals surface area contributed by atoms with E-state index < -0.39 is 0 Å². The first kappa shape index (κ1) is 13.8. The zero-order valence-electron chi connectivity index (χ0n) is 10.9. The van der Waals surface area contributed by atoms with Crippen molar-refractivity contribution >= 4 is 0 Å². The van der Waals surface area contributed by atoms with Crippen LogP contribution in [-0.2, 0) is 6.42 Å². The van der Waals surface area contributed by atoms with Gasteiger partial charge in [0.15, 0.2) is 11.5 Å². The van der Waals surface area contributed by atoms with Gasteiger partial charge in [0, 0.05) is 0 Å². The molecular formula is C14H23NO2. The summed E-state index contributed by atoms with van der Waals surface area (Å²) in [5.74, 6) is 1.65. The van der Waals surface area contributed by atoms with Crippen molar-refractivity contribution in [1.29, 1.82) is 0 Å². The van der Waals surface area contributed by atoms with E-state index in [0.717, 1.165) is 50.3 Å². The summed E-state index contributed by atoms with van der Waals surface area (Å²) in [6, 6.07) is 6.10. The van der Waals surface area contributed by atoms with Crippen molar-refractivity contribution in [2.75, 3.05) is 20.3 Å². The second kappa shape index (κ2) is 7.96. The first-order chi connectivity index (χ1) is 8.31. The quantitative estimate of drug-likeness (QED) is 0.707. The monoisotopic (exact) mass is 237 g/mol. The molecule has 1 rings (SSSR count). The Morgan fingerprint density at radius 1 is 1.18 bits per heavy atom. The Labute approximate surface area is 104 Å². The van der Waals surface area contributed by atoms with E-state index in [2.05, 4.69) is 19.1 Å². The van der Waals surface area contributed by atoms with Gasteiger partial charge in [0.05, 0.1) is 13.7 Å². The average molecular weight is 237 g/mol. The van der Waals surface area contributed by atoms with Gasteiger partial charge < -0.3 is 15.2 Å². The van der Waals surface area contributed by atoms with E-state index in [4.69, 9.17) is 15.2 Å². The third-order valence-electron chi connectivity index (χ3n) is 2.65. The second-order valence-corrected chi connectivity index (χ2v) is 4.08. The minimum atomic E-state index is 0.720. The van der Waals surface area contributed by atoms with Crippen LogP contribution in [0.25, 0.3) is 0 Å². The first-order valence-corrected chi connectivity index (χ1v) is 6.31. The lowest BCUT2D eigenvalue weighted by Crippen LogP contribution is -2.02. The number of methoxy groups -OCH3 is 1. The molecule has 17 heavy (non-hydrogen) atoms. The number of benzene rings is 1. The van der Waals surface area contributed by atoms with Gasteiger partial charge >= 0.3 is 0 Å². The summed E-state index contributed by atoms with van der Waals surface area (Å²) in [7, 11) is 1.67. The minimum Gasteiger partial charge on any atom is -0.493 e. The van der Waals surface area contributed by atoms with Crippen LogP contribution in [0.5, 0.6) is 11.5 Å². The van der Waals surface area contributed by atoms with Gasteiger partial charge in [-0.2, -0.15) is 0 Å². The fraction of sp³-hybridized carbons (Fsp3) is 0.571. The Bertz CT molecular complexity index is 326. The Balaban J connectivity index is 2.68. The topological polar surface area (TPSA) is 44.5 Å². The molecule has 0 aliphatic carbocycles. The van der Waals surface area contributed by atoms with E-state index in [0.29, 0.717) is 0 Å². The van der Waals surface area contributed by atoms with E-state index in [1.807, 2.05) is 6.07 Å². The van der Waals surface area contributed by atoms with Crippen molar-refractivity contribution in [2.45, 2.75) is 32.6 Å². The predicted octanol–water partition coefficient (Wildman–Crippen LogP) is 2.77. The molecule has 0 spiro atoms. The largest absolute Gasteiger partial charge is 0.493 e. The Morgan fingerprint density at radius 2 is 2.00 bits per heavy atom. The molecule has 3 heteroatoms. The van der Waals surface area contributed by atoms with Gasteiger partial charge in [-0.15, -0.1) is 0 Å². The Hall–Kier alpha value is -1.22. The highest BCUT2D eigenvalue weighted by Crippen LogP contribution is 2.28. The fourth-order valence-electron chi connectivity index (χ4n) is 1.62. The van der Waals surface area contributed by atoms with Crippen LogP contribution in [0, 0.1) is 0 Å². The molecule has 3 nitrogen and oxygen atoms in total. The molecule has 1 aromatic carbocycles. The van der Waals surface area contributed by atoms with Crippen LogP contribution in [0.15, 0.2) is 18.2 Å². The van der Waals surface area contributed by atoms with E-state index in [1.54, 1.807) is 7.11 Å². The molecule has 0 unspecified atom stereocenters. The maximum Gasteiger partial charge on any atom is 0.161 e. The van der Waals surface area contributed by atoms with Gasteiger partial charge in [0.1, 0.15) is 0 Å². The molecule has 0 aliphatic heterocycles. The minimum absolute atomic E-state index is 0.720. The zero-order valence-corrected chi connectivity index (χ0v) is 10.9. The van der Waals surface area contributed by atoms with Crippen molar-refractivity contribution in [3.8, 4) is 11.5 Å². The molecule has 0 radical (unpaired) electrons. The smallest absolute Gasteiger partial charge is 0.161 e. The summed E-state index contributed by atoms with van der Waals surface area (Å²) in [6.45, 7) is 3.61. The average Bonchev–Trinajstić information content (AvgIpc) is 2.37. The lowest BCUT2D eigenvalue weighted by atomic mass is 10.1. The third-order valence-corrected chi connectivity index (χ3v) is 2.65. The summed E-state index contributed by atoms with van der Waals surface area (Å²) in [5.41, 5.74) is 6.77. The van der Waals surface area contributed by atoms with E-state index in [-0.39, 0.29) is 0 Å². The highest BCUT2D eigenvalue weighted by atomic mass is 16.5. The normalized spacial score (nSPS) is 10.3. The molecule has 0 fully saturated rings. The van der Waals surface area contributed by atoms with E-state index in [1.165, 1.54) is 5.56 Å². The number of unbranched alkanes of at least 4 members (excludes halogenated alkanes) is 1. The maximum atomic E-state index is 5.73. The van der Waals surface area contributed by atoms with Gasteiger partial charge in [-0.1, -0.05) is 19.4 Å². The molecule has 0 saturated carbocycles. The molecule has 0 atom stereocenters. The SMILES string of the molecule is CCCCOc1cc(CCCN)ccc1OC. The van der Waals surface area contributed by atoms with Crippen LogP contribution in [0.3, 0.4) is 0 Å². The molecular weight excluding hydrogens is 214 g/mol. The molecule has 0 heterocycles. The number of hydrogen-bond donors (Lipinski definition) is 1. The maximum absolute atomic E-state index is 5.73. The van der Waals surface area contributed by atoms with Crippen molar-refractivity contribution < 1.29 is 9.47 Å². The predicted molar refractivity (Wildman–Crippen MR) is 70.8 cm³/mol. The first-order valence-electron chi connectivity index (χ1n) is 6.31. The lowest BCUT2D eigenvalue weighted by molar-refractivity contribution is 0.288. The fourth-order valence-corrected chi connectivity index (χ4v) is 1.62. The van der Waals surface area contributed by atoms with Crippen molar-refractivity contribution in [1.82, 2.24) is 0 Å². The highest BCUT2D eigenvalue weighted by molar-refractivity contribution is 5.43. The molecule has 2 N–H and O–H groups in total. The molecule has 0 aliphatic rings. The van der Waals surface area contributed by atoms with Crippen molar-refractivity contribution in [3.05, 3.63) is 23.8 Å². The van der Waals surface area contributed by atoms with Crippen molar-refractivity contribution in [2.24, 2.45) is 5.73 Å². The molecule has 0 bridgehead atoms. The number of aryl methyl sites for hydroxylation is 1. The zero-order chi connectivity index (χ0) is 12.5. The Morgan fingerprint density at radius 3 is 2.65 bits per heavy atom. The van der Waals surface area contributed by atoms with Crippen LogP contribution in [0.4, 0.5) is 0 Å². The van der Waals surface area contributed by atoms with Crippen LogP contribution < -0.4 is 15.2 Å². The molecule has 0 saturated heterocycles. The van der Waals surface area contributed by atoms with E-state index in [9.17, 15) is 0 Å². The molecule has 0 aromatic heterocycles. The third kappa shape index (κ3) is 4.65. The standard InChI is InChI=1S/C14H23NO2/c1-3-4-10-17-14-11-12(6-5-9-15)7-8-13(14)16-2/h7-8,11H,3-6,9-10,15H2,1-2H3. The molecule has 96 valence electrons. The van der Waals surface area contributed by atoms with Crippen LogP contribution in [0.1, 0.15) is 31.7 Å². The molecule has 0 amide bonds. The van der Waals surface area contributed by atoms with E-state index >= 15 is 0 Å². The number of nitrogens with two attached hydrogens (primary N) is 1. The lowest BCUT2D eigenvalue weighted by Gasteiger charge is -2.12. The summed E-state index contributed by atoms with van der Waals surface area (Å²) in [6.07, 6.45) is 4.19. The van der Waals surface area contributed by atoms with Gasteiger partial charge in [-0.05, 0) is 43.5 Å². The van der Waals surface area contributed by atoms with Crippen LogP contribution in [-0.4, -0.2) is 20.3 Å². The van der Waals surface area contributed by atoms with Gasteiger partial charge in [-0.25, -0.2) is 0 Å². The van der Waals surface area contributed by atoms with Crippen molar-refractivity contribution in [3.63, 3.8) is 0 Å². The number of rotatable bonds is 8. The van der Waals surface area contributed by atoms with Gasteiger partial charge in [0.25, 0.3) is 0 Å².